The molecule has 1 atom stereocenters. The molecule has 0 radical (unpaired) electrons. The van der Waals surface area contributed by atoms with Crippen LogP contribution in [-0.2, 0) is 14.3 Å². The van der Waals surface area contributed by atoms with Crippen molar-refractivity contribution in [2.45, 2.75) is 19.9 Å². The SMILES string of the molecule is CCOc1ccc(OCC(=O)OCC(=O)N[C@H](C)c2ccc3c(c2)OCO3)cc1. The summed E-state index contributed by atoms with van der Waals surface area (Å²) in [4.78, 5) is 23.8. The molecule has 0 spiro atoms. The van der Waals surface area contributed by atoms with E-state index in [9.17, 15) is 9.59 Å². The normalized spacial score (nSPS) is 12.8. The maximum absolute atomic E-state index is 12.0. The minimum Gasteiger partial charge on any atom is -0.494 e. The summed E-state index contributed by atoms with van der Waals surface area (Å²) in [6, 6.07) is 12.0. The van der Waals surface area contributed by atoms with E-state index in [4.69, 9.17) is 23.7 Å². The molecule has 1 N–H and O–H groups in total. The highest BCUT2D eigenvalue weighted by molar-refractivity contribution is 5.81. The zero-order chi connectivity index (χ0) is 20.6. The molecule has 0 unspecified atom stereocenters. The number of esters is 1. The third-order valence-electron chi connectivity index (χ3n) is 4.13. The number of hydrogen-bond acceptors (Lipinski definition) is 7. The molecule has 1 aliphatic rings. The number of hydrogen-bond donors (Lipinski definition) is 1. The fourth-order valence-corrected chi connectivity index (χ4v) is 2.68. The fourth-order valence-electron chi connectivity index (χ4n) is 2.68. The molecule has 0 saturated carbocycles. The third kappa shape index (κ3) is 5.78. The molecule has 0 fully saturated rings. The highest BCUT2D eigenvalue weighted by Gasteiger charge is 2.17. The molecule has 154 valence electrons. The molecule has 0 aromatic heterocycles. The van der Waals surface area contributed by atoms with Gasteiger partial charge in [0.15, 0.2) is 24.7 Å². The Kier molecular flexibility index (Phi) is 6.78. The molecule has 8 nitrogen and oxygen atoms in total. The van der Waals surface area contributed by atoms with Gasteiger partial charge in [0.25, 0.3) is 5.91 Å². The average Bonchev–Trinajstić information content (AvgIpc) is 3.20. The first kappa shape index (κ1) is 20.3. The Labute approximate surface area is 168 Å². The lowest BCUT2D eigenvalue weighted by Crippen LogP contribution is -2.31. The van der Waals surface area contributed by atoms with E-state index in [-0.39, 0.29) is 26.0 Å². The lowest BCUT2D eigenvalue weighted by molar-refractivity contribution is -0.150. The van der Waals surface area contributed by atoms with Crippen molar-refractivity contribution in [1.82, 2.24) is 5.32 Å². The first-order valence-electron chi connectivity index (χ1n) is 9.25. The van der Waals surface area contributed by atoms with Gasteiger partial charge < -0.3 is 29.0 Å². The minimum atomic E-state index is -0.634. The summed E-state index contributed by atoms with van der Waals surface area (Å²) in [5, 5.41) is 2.77. The van der Waals surface area contributed by atoms with Gasteiger partial charge in [0.1, 0.15) is 11.5 Å². The van der Waals surface area contributed by atoms with E-state index in [1.54, 1.807) is 30.3 Å². The molecule has 1 aliphatic heterocycles. The van der Waals surface area contributed by atoms with Crippen molar-refractivity contribution in [3.8, 4) is 23.0 Å². The number of nitrogens with one attached hydrogen (secondary N) is 1. The summed E-state index contributed by atoms with van der Waals surface area (Å²) >= 11 is 0. The van der Waals surface area contributed by atoms with Crippen molar-refractivity contribution in [2.24, 2.45) is 0 Å². The molecular weight excluding hydrogens is 378 g/mol. The van der Waals surface area contributed by atoms with E-state index >= 15 is 0 Å². The van der Waals surface area contributed by atoms with E-state index in [1.807, 2.05) is 26.0 Å². The topological polar surface area (TPSA) is 92.3 Å². The fraction of sp³-hybridized carbons (Fsp3) is 0.333. The zero-order valence-corrected chi connectivity index (χ0v) is 16.3. The van der Waals surface area contributed by atoms with Crippen LogP contribution >= 0.6 is 0 Å². The summed E-state index contributed by atoms with van der Waals surface area (Å²) < 4.78 is 26.2. The van der Waals surface area contributed by atoms with Gasteiger partial charge in [-0.2, -0.15) is 0 Å². The number of carbonyl (C=O) groups excluding carboxylic acids is 2. The number of carbonyl (C=O) groups is 2. The van der Waals surface area contributed by atoms with Crippen molar-refractivity contribution in [3.63, 3.8) is 0 Å². The highest BCUT2D eigenvalue weighted by atomic mass is 16.7. The van der Waals surface area contributed by atoms with Crippen molar-refractivity contribution >= 4 is 11.9 Å². The van der Waals surface area contributed by atoms with Crippen LogP contribution in [0.1, 0.15) is 25.5 Å². The van der Waals surface area contributed by atoms with Crippen molar-refractivity contribution in [1.29, 1.82) is 0 Å². The van der Waals surface area contributed by atoms with Gasteiger partial charge in [-0.05, 0) is 55.8 Å². The van der Waals surface area contributed by atoms with E-state index in [2.05, 4.69) is 5.32 Å². The Hall–Kier alpha value is -3.42. The van der Waals surface area contributed by atoms with Gasteiger partial charge in [0.2, 0.25) is 6.79 Å². The minimum absolute atomic E-state index is 0.189. The van der Waals surface area contributed by atoms with Crippen LogP contribution in [0, 0.1) is 0 Å². The molecule has 2 aromatic carbocycles. The number of rotatable bonds is 9. The Morgan fingerprint density at radius 1 is 1.00 bits per heavy atom. The molecule has 0 bridgehead atoms. The standard InChI is InChI=1S/C21H23NO7/c1-3-25-16-5-7-17(8-6-16)26-12-21(24)27-11-20(23)22-14(2)15-4-9-18-19(10-15)29-13-28-18/h4-10,14H,3,11-13H2,1-2H3,(H,22,23)/t14-/m1/s1. The predicted molar refractivity (Wildman–Crippen MR) is 103 cm³/mol. The van der Waals surface area contributed by atoms with Gasteiger partial charge in [-0.3, -0.25) is 4.79 Å². The van der Waals surface area contributed by atoms with Crippen LogP contribution < -0.4 is 24.3 Å². The molecule has 29 heavy (non-hydrogen) atoms. The number of benzene rings is 2. The lowest BCUT2D eigenvalue weighted by Gasteiger charge is -2.15. The molecule has 0 aliphatic carbocycles. The molecule has 2 aromatic rings. The summed E-state index contributed by atoms with van der Waals surface area (Å²) in [6.07, 6.45) is 0. The van der Waals surface area contributed by atoms with Crippen LogP contribution in [0.4, 0.5) is 0 Å². The van der Waals surface area contributed by atoms with Crippen LogP contribution in [0.5, 0.6) is 23.0 Å². The van der Waals surface area contributed by atoms with Gasteiger partial charge >= 0.3 is 5.97 Å². The molecule has 1 amide bonds. The third-order valence-corrected chi connectivity index (χ3v) is 4.13. The van der Waals surface area contributed by atoms with Crippen molar-refractivity contribution in [2.75, 3.05) is 26.6 Å². The second-order valence-electron chi connectivity index (χ2n) is 6.26. The maximum atomic E-state index is 12.0. The Morgan fingerprint density at radius 2 is 1.69 bits per heavy atom. The molecular formula is C21H23NO7. The van der Waals surface area contributed by atoms with Crippen LogP contribution in [0.3, 0.4) is 0 Å². The monoisotopic (exact) mass is 401 g/mol. The number of fused-ring (bicyclic) bond motifs is 1. The molecule has 0 saturated heterocycles. The molecule has 8 heteroatoms. The summed E-state index contributed by atoms with van der Waals surface area (Å²) in [5.74, 6) is 1.49. The number of ether oxygens (including phenoxy) is 5. The van der Waals surface area contributed by atoms with Crippen LogP contribution in [0.25, 0.3) is 0 Å². The van der Waals surface area contributed by atoms with Crippen LogP contribution in [-0.4, -0.2) is 38.5 Å². The average molecular weight is 401 g/mol. The van der Waals surface area contributed by atoms with Gasteiger partial charge in [-0.15, -0.1) is 0 Å². The van der Waals surface area contributed by atoms with E-state index in [0.717, 1.165) is 11.3 Å². The zero-order valence-electron chi connectivity index (χ0n) is 16.3. The quantitative estimate of drug-likeness (QED) is 0.646. The van der Waals surface area contributed by atoms with Gasteiger partial charge in [-0.25, -0.2) is 4.79 Å². The van der Waals surface area contributed by atoms with Crippen molar-refractivity contribution in [3.05, 3.63) is 48.0 Å². The molecule has 3 rings (SSSR count). The highest BCUT2D eigenvalue weighted by Crippen LogP contribution is 2.34. The van der Waals surface area contributed by atoms with E-state index in [1.165, 1.54) is 0 Å². The first-order valence-corrected chi connectivity index (χ1v) is 9.25. The van der Waals surface area contributed by atoms with E-state index < -0.39 is 11.9 Å². The van der Waals surface area contributed by atoms with Crippen LogP contribution in [0.2, 0.25) is 0 Å². The smallest absolute Gasteiger partial charge is 0.344 e. The predicted octanol–water partition coefficient (Wildman–Crippen LogP) is 2.61. The maximum Gasteiger partial charge on any atom is 0.344 e. The van der Waals surface area contributed by atoms with Gasteiger partial charge in [0.05, 0.1) is 12.6 Å². The van der Waals surface area contributed by atoms with Gasteiger partial charge in [-0.1, -0.05) is 6.07 Å². The Bertz CT molecular complexity index is 851. The Morgan fingerprint density at radius 3 is 2.41 bits per heavy atom. The largest absolute Gasteiger partial charge is 0.494 e. The van der Waals surface area contributed by atoms with E-state index in [0.29, 0.717) is 23.9 Å². The summed E-state index contributed by atoms with van der Waals surface area (Å²) in [7, 11) is 0. The van der Waals surface area contributed by atoms with Crippen LogP contribution in [0.15, 0.2) is 42.5 Å². The van der Waals surface area contributed by atoms with Gasteiger partial charge in [0, 0.05) is 0 Å². The first-order chi connectivity index (χ1) is 14.0. The summed E-state index contributed by atoms with van der Waals surface area (Å²) in [5.41, 5.74) is 0.854. The molecule has 1 heterocycles. The van der Waals surface area contributed by atoms with Crippen molar-refractivity contribution < 1.29 is 33.3 Å². The Balaban J connectivity index is 1.38. The number of amides is 1. The second kappa shape index (κ2) is 9.68. The second-order valence-corrected chi connectivity index (χ2v) is 6.26. The lowest BCUT2D eigenvalue weighted by atomic mass is 10.1. The summed E-state index contributed by atoms with van der Waals surface area (Å²) in [6.45, 7) is 3.80.